The molecule has 12 heteroatoms. The van der Waals surface area contributed by atoms with Crippen molar-refractivity contribution in [3.05, 3.63) is 70.6 Å². The largest absolute Gasteiger partial charge is 0.496 e. The average Bonchev–Trinajstić information content (AvgIpc) is 3.65. The number of allylic oxidation sites excluding steroid dienone is 1. The number of rotatable bonds is 9. The molecule has 4 atom stereocenters. The molecule has 0 spiro atoms. The van der Waals surface area contributed by atoms with Crippen molar-refractivity contribution >= 4 is 23.4 Å². The first kappa shape index (κ1) is 31.5. The molecule has 5 rings (SSSR count). The minimum absolute atomic E-state index is 0.0602. The second-order valence-electron chi connectivity index (χ2n) is 12.4. The molecule has 0 radical (unpaired) electrons. The molecular weight excluding hydrogens is 582 g/mol. The number of benzene rings is 2. The Morgan fingerprint density at radius 2 is 1.70 bits per heavy atom. The molecular formula is C32H35F4N3O5. The Kier molecular flexibility index (Phi) is 8.50. The number of carbonyl (C=O) groups is 3. The van der Waals surface area contributed by atoms with Gasteiger partial charge in [-0.25, -0.2) is 4.39 Å². The summed E-state index contributed by atoms with van der Waals surface area (Å²) in [7, 11) is 1.38. The minimum atomic E-state index is -4.94. The molecule has 0 heterocycles. The number of aliphatic hydroxyl groups is 1. The predicted octanol–water partition coefficient (Wildman–Crippen LogP) is 5.08. The van der Waals surface area contributed by atoms with Gasteiger partial charge in [-0.3, -0.25) is 14.4 Å². The fourth-order valence-electron chi connectivity index (χ4n) is 6.28. The molecule has 0 aliphatic heterocycles. The Morgan fingerprint density at radius 1 is 1.00 bits per heavy atom. The summed E-state index contributed by atoms with van der Waals surface area (Å²) in [4.78, 5) is 40.3. The Morgan fingerprint density at radius 3 is 2.34 bits per heavy atom. The number of hydrogen-bond donors (Lipinski definition) is 4. The monoisotopic (exact) mass is 617 g/mol. The van der Waals surface area contributed by atoms with Crippen LogP contribution in [0.25, 0.3) is 0 Å². The number of nitrogens with one attached hydrogen (secondary N) is 3. The molecule has 3 aliphatic rings. The zero-order valence-electron chi connectivity index (χ0n) is 24.6. The Bertz CT molecular complexity index is 1500. The van der Waals surface area contributed by atoms with Gasteiger partial charge in [0.25, 0.3) is 11.8 Å². The molecule has 2 aromatic carbocycles. The Hall–Kier alpha value is -3.93. The molecule has 2 bridgehead atoms. The summed E-state index contributed by atoms with van der Waals surface area (Å²) >= 11 is 0. The van der Waals surface area contributed by atoms with Gasteiger partial charge in [0, 0.05) is 23.2 Å². The summed E-state index contributed by atoms with van der Waals surface area (Å²) < 4.78 is 59.2. The molecule has 3 aliphatic carbocycles. The zero-order chi connectivity index (χ0) is 32.0. The van der Waals surface area contributed by atoms with E-state index in [4.69, 9.17) is 4.74 Å². The molecule has 3 fully saturated rings. The van der Waals surface area contributed by atoms with E-state index in [0.717, 1.165) is 30.9 Å². The van der Waals surface area contributed by atoms with Crippen LogP contribution < -0.4 is 20.7 Å². The predicted molar refractivity (Wildman–Crippen MR) is 153 cm³/mol. The molecule has 8 nitrogen and oxygen atoms in total. The molecule has 0 saturated heterocycles. The number of amides is 3. The fraction of sp³-hybridized carbons (Fsp3) is 0.469. The standard InChI is InChI=1S/C32H35F4N3O5/c1-31(2,15-40)39-28(41)17-6-11-25(44-3)22(13-17)29(42)38-27-20-9-8-19(21(20)12-16-4-5-16)26(27)30(43)37-18-7-10-24(33)23(14-18)32(34,35)36/h6-7,10-14,16,19-20,26-27,40H,4-5,8-9,15H2,1-3H3,(H,37,43)(H,38,42)(H,39,41)/b21-12-/t19-,20+,26-,27+/m0/s1. The second kappa shape index (κ2) is 11.9. The Labute approximate surface area is 252 Å². The van der Waals surface area contributed by atoms with Crippen molar-refractivity contribution in [3.63, 3.8) is 0 Å². The van der Waals surface area contributed by atoms with E-state index in [0.29, 0.717) is 24.5 Å². The molecule has 0 unspecified atom stereocenters. The quantitative estimate of drug-likeness (QED) is 0.231. The lowest BCUT2D eigenvalue weighted by molar-refractivity contribution is -0.140. The van der Waals surface area contributed by atoms with E-state index in [1.54, 1.807) is 13.8 Å². The van der Waals surface area contributed by atoms with Crippen LogP contribution in [0.15, 0.2) is 48.0 Å². The van der Waals surface area contributed by atoms with Gasteiger partial charge in [-0.1, -0.05) is 11.6 Å². The molecule has 44 heavy (non-hydrogen) atoms. The van der Waals surface area contributed by atoms with Gasteiger partial charge in [0.1, 0.15) is 11.6 Å². The van der Waals surface area contributed by atoms with Gasteiger partial charge in [-0.05, 0) is 87.8 Å². The highest BCUT2D eigenvalue weighted by atomic mass is 19.4. The van der Waals surface area contributed by atoms with E-state index in [1.165, 1.54) is 25.3 Å². The fourth-order valence-corrected chi connectivity index (χ4v) is 6.28. The van der Waals surface area contributed by atoms with Crippen molar-refractivity contribution in [1.29, 1.82) is 0 Å². The first-order chi connectivity index (χ1) is 20.7. The summed E-state index contributed by atoms with van der Waals surface area (Å²) in [6.45, 7) is 2.98. The number of aliphatic hydroxyl groups excluding tert-OH is 1. The highest BCUT2D eigenvalue weighted by molar-refractivity contribution is 6.02. The van der Waals surface area contributed by atoms with Crippen LogP contribution in [-0.2, 0) is 11.0 Å². The third kappa shape index (κ3) is 6.45. The summed E-state index contributed by atoms with van der Waals surface area (Å²) in [6, 6.07) is 5.96. The van der Waals surface area contributed by atoms with Crippen LogP contribution in [0.2, 0.25) is 0 Å². The number of halogens is 4. The van der Waals surface area contributed by atoms with Gasteiger partial charge in [0.05, 0.1) is 36.3 Å². The summed E-state index contributed by atoms with van der Waals surface area (Å²) in [5.74, 6) is -3.67. The number of anilines is 1. The van der Waals surface area contributed by atoms with Gasteiger partial charge < -0.3 is 25.8 Å². The highest BCUT2D eigenvalue weighted by Gasteiger charge is 2.55. The zero-order valence-corrected chi connectivity index (χ0v) is 24.6. The topological polar surface area (TPSA) is 117 Å². The van der Waals surface area contributed by atoms with Crippen LogP contribution in [0.5, 0.6) is 5.75 Å². The molecule has 236 valence electrons. The van der Waals surface area contributed by atoms with Crippen LogP contribution in [0.1, 0.15) is 65.8 Å². The van der Waals surface area contributed by atoms with Crippen LogP contribution >= 0.6 is 0 Å². The van der Waals surface area contributed by atoms with Crippen molar-refractivity contribution in [2.75, 3.05) is 19.0 Å². The van der Waals surface area contributed by atoms with Crippen molar-refractivity contribution in [2.24, 2.45) is 23.7 Å². The Balaban J connectivity index is 1.43. The maximum Gasteiger partial charge on any atom is 0.419 e. The van der Waals surface area contributed by atoms with Crippen LogP contribution in [-0.4, -0.2) is 48.1 Å². The van der Waals surface area contributed by atoms with Crippen molar-refractivity contribution in [3.8, 4) is 5.75 Å². The molecule has 3 saturated carbocycles. The third-order valence-electron chi connectivity index (χ3n) is 8.64. The van der Waals surface area contributed by atoms with E-state index >= 15 is 0 Å². The number of hydrogen-bond acceptors (Lipinski definition) is 5. The van der Waals surface area contributed by atoms with Gasteiger partial charge in [0.15, 0.2) is 0 Å². The highest BCUT2D eigenvalue weighted by Crippen LogP contribution is 2.54. The maximum absolute atomic E-state index is 13.9. The van der Waals surface area contributed by atoms with Crippen molar-refractivity contribution in [2.45, 2.75) is 57.3 Å². The van der Waals surface area contributed by atoms with Crippen LogP contribution in [0.3, 0.4) is 0 Å². The number of methoxy groups -OCH3 is 1. The normalized spacial score (nSPS) is 23.9. The summed E-state index contributed by atoms with van der Waals surface area (Å²) in [5.41, 5.74) is -1.30. The third-order valence-corrected chi connectivity index (χ3v) is 8.64. The van der Waals surface area contributed by atoms with Crippen LogP contribution in [0, 0.1) is 29.5 Å². The molecule has 4 N–H and O–H groups in total. The van der Waals surface area contributed by atoms with Gasteiger partial charge in [-0.15, -0.1) is 0 Å². The molecule has 3 amide bonds. The lowest BCUT2D eigenvalue weighted by atomic mass is 9.83. The van der Waals surface area contributed by atoms with Gasteiger partial charge in [0.2, 0.25) is 5.91 Å². The number of alkyl halides is 3. The van der Waals surface area contributed by atoms with E-state index in [9.17, 15) is 37.1 Å². The van der Waals surface area contributed by atoms with E-state index in [-0.39, 0.29) is 41.0 Å². The van der Waals surface area contributed by atoms with Gasteiger partial charge >= 0.3 is 6.18 Å². The second-order valence-corrected chi connectivity index (χ2v) is 12.4. The van der Waals surface area contributed by atoms with Crippen LogP contribution in [0.4, 0.5) is 23.2 Å². The first-order valence-corrected chi connectivity index (χ1v) is 14.5. The van der Waals surface area contributed by atoms with Crippen molar-refractivity contribution < 1.29 is 41.8 Å². The van der Waals surface area contributed by atoms with Gasteiger partial charge in [-0.2, -0.15) is 13.2 Å². The lowest BCUT2D eigenvalue weighted by Crippen LogP contribution is -2.48. The molecule has 2 aromatic rings. The van der Waals surface area contributed by atoms with E-state index in [2.05, 4.69) is 22.0 Å². The number of ether oxygens (including phenoxy) is 1. The van der Waals surface area contributed by atoms with Crippen molar-refractivity contribution in [1.82, 2.24) is 10.6 Å². The number of carbonyl (C=O) groups excluding carboxylic acids is 3. The summed E-state index contributed by atoms with van der Waals surface area (Å²) in [5, 5.41) is 17.7. The lowest BCUT2D eigenvalue weighted by Gasteiger charge is -2.30. The summed E-state index contributed by atoms with van der Waals surface area (Å²) in [6.07, 6.45) is 0.708. The average molecular weight is 618 g/mol. The number of fused-ring (bicyclic) bond motifs is 2. The van der Waals surface area contributed by atoms with E-state index < -0.39 is 52.8 Å². The SMILES string of the molecule is COc1ccc(C(=O)NC(C)(C)CO)cc1C(=O)N[C@H]1[C@@H](C(=O)Nc2ccc(F)c(C(F)(F)F)c2)[C@H]2CC[C@@H]1/C2=C\C1CC1. The smallest absolute Gasteiger partial charge is 0.419 e. The first-order valence-electron chi connectivity index (χ1n) is 14.5. The molecule has 0 aromatic heterocycles. The maximum atomic E-state index is 13.9. The van der Waals surface area contributed by atoms with E-state index in [1.807, 2.05) is 0 Å². The minimum Gasteiger partial charge on any atom is -0.496 e.